The molecule has 1 rings (SSSR count). The normalized spacial score (nSPS) is 24.5. The van der Waals surface area contributed by atoms with Gasteiger partial charge in [0.1, 0.15) is 0 Å². The average molecular weight is 272 g/mol. The molecule has 0 aromatic carbocycles. The maximum absolute atomic E-state index is 11.8. The number of carboxylic acid groups (broad SMARTS) is 1. The quantitative estimate of drug-likeness (QED) is 0.681. The number of hydrogen-bond donors (Lipinski definition) is 3. The van der Waals surface area contributed by atoms with Gasteiger partial charge in [-0.2, -0.15) is 0 Å². The highest BCUT2D eigenvalue weighted by atomic mass is 16.5. The van der Waals surface area contributed by atoms with Crippen molar-refractivity contribution >= 4 is 12.0 Å². The van der Waals surface area contributed by atoms with Crippen LogP contribution in [0.3, 0.4) is 0 Å². The summed E-state index contributed by atoms with van der Waals surface area (Å²) in [5.74, 6) is -0.430. The Hall–Kier alpha value is -1.30. The highest BCUT2D eigenvalue weighted by Gasteiger charge is 2.24. The predicted octanol–water partition coefficient (Wildman–Crippen LogP) is 1.35. The molecule has 0 saturated heterocycles. The Balaban J connectivity index is 2.39. The summed E-state index contributed by atoms with van der Waals surface area (Å²) in [6.07, 6.45) is 5.40. The molecule has 0 aliphatic heterocycles. The maximum Gasteiger partial charge on any atom is 0.328 e. The second-order valence-corrected chi connectivity index (χ2v) is 5.10. The first-order valence-electron chi connectivity index (χ1n) is 6.85. The van der Waals surface area contributed by atoms with Crippen molar-refractivity contribution in [2.75, 3.05) is 13.7 Å². The van der Waals surface area contributed by atoms with Gasteiger partial charge in [-0.1, -0.05) is 26.2 Å². The Kier molecular flexibility index (Phi) is 6.62. The number of ether oxygens (including phenoxy) is 1. The van der Waals surface area contributed by atoms with E-state index in [4.69, 9.17) is 9.84 Å². The largest absolute Gasteiger partial charge is 0.480 e. The summed E-state index contributed by atoms with van der Waals surface area (Å²) in [5.41, 5.74) is 0. The van der Waals surface area contributed by atoms with Gasteiger partial charge >= 0.3 is 12.0 Å². The lowest BCUT2D eigenvalue weighted by atomic mass is 9.84. The lowest BCUT2D eigenvalue weighted by Gasteiger charge is -2.29. The molecule has 1 saturated carbocycles. The number of amides is 2. The molecule has 3 unspecified atom stereocenters. The van der Waals surface area contributed by atoms with Gasteiger partial charge < -0.3 is 20.5 Å². The van der Waals surface area contributed by atoms with Crippen LogP contribution in [0.1, 0.15) is 39.0 Å². The van der Waals surface area contributed by atoms with Gasteiger partial charge in [-0.15, -0.1) is 0 Å². The molecule has 0 radical (unpaired) electrons. The maximum atomic E-state index is 11.8. The Bertz CT molecular complexity index is 309. The molecule has 0 heterocycles. The predicted molar refractivity (Wildman–Crippen MR) is 71.0 cm³/mol. The molecular formula is C13H24N2O4. The van der Waals surface area contributed by atoms with E-state index in [1.807, 2.05) is 0 Å². The first-order valence-corrected chi connectivity index (χ1v) is 6.85. The van der Waals surface area contributed by atoms with E-state index >= 15 is 0 Å². The Morgan fingerprint density at radius 2 is 2.16 bits per heavy atom. The molecule has 2 amide bonds. The van der Waals surface area contributed by atoms with E-state index in [1.165, 1.54) is 13.5 Å². The van der Waals surface area contributed by atoms with Gasteiger partial charge in [0.15, 0.2) is 6.04 Å². The van der Waals surface area contributed by atoms with Crippen LogP contribution in [0.4, 0.5) is 4.79 Å². The van der Waals surface area contributed by atoms with Crippen LogP contribution in [0.5, 0.6) is 0 Å². The summed E-state index contributed by atoms with van der Waals surface area (Å²) < 4.78 is 4.77. The molecule has 0 bridgehead atoms. The van der Waals surface area contributed by atoms with Gasteiger partial charge in [0.2, 0.25) is 0 Å². The van der Waals surface area contributed by atoms with Crippen molar-refractivity contribution in [3.05, 3.63) is 0 Å². The minimum Gasteiger partial charge on any atom is -0.480 e. The number of hydrogen-bond acceptors (Lipinski definition) is 3. The SMILES string of the molecule is CCC1CCCC(NC(=O)NC(COC)C(=O)O)C1. The summed E-state index contributed by atoms with van der Waals surface area (Å²) >= 11 is 0. The van der Waals surface area contributed by atoms with Gasteiger partial charge in [0.05, 0.1) is 6.61 Å². The first kappa shape index (κ1) is 15.8. The molecule has 6 nitrogen and oxygen atoms in total. The smallest absolute Gasteiger partial charge is 0.328 e. The lowest BCUT2D eigenvalue weighted by Crippen LogP contribution is -2.51. The van der Waals surface area contributed by atoms with Crippen molar-refractivity contribution < 1.29 is 19.4 Å². The van der Waals surface area contributed by atoms with Crippen molar-refractivity contribution in [1.82, 2.24) is 10.6 Å². The highest BCUT2D eigenvalue weighted by molar-refractivity contribution is 5.82. The van der Waals surface area contributed by atoms with Crippen molar-refractivity contribution in [2.45, 2.75) is 51.1 Å². The van der Waals surface area contributed by atoms with Gasteiger partial charge in [0, 0.05) is 13.2 Å². The van der Waals surface area contributed by atoms with Gasteiger partial charge in [-0.05, 0) is 18.8 Å². The van der Waals surface area contributed by atoms with Crippen molar-refractivity contribution in [3.8, 4) is 0 Å². The molecule has 1 fully saturated rings. The van der Waals surface area contributed by atoms with Crippen LogP contribution in [0.25, 0.3) is 0 Å². The van der Waals surface area contributed by atoms with E-state index in [9.17, 15) is 9.59 Å². The summed E-state index contributed by atoms with van der Waals surface area (Å²) in [7, 11) is 1.41. The van der Waals surface area contributed by atoms with Crippen LogP contribution >= 0.6 is 0 Å². The van der Waals surface area contributed by atoms with Crippen LogP contribution in [-0.2, 0) is 9.53 Å². The number of carbonyl (C=O) groups is 2. The molecule has 0 aromatic heterocycles. The summed E-state index contributed by atoms with van der Waals surface area (Å²) in [6.45, 7) is 2.12. The average Bonchev–Trinajstić information content (AvgIpc) is 2.38. The highest BCUT2D eigenvalue weighted by Crippen LogP contribution is 2.26. The van der Waals surface area contributed by atoms with Gasteiger partial charge in [-0.25, -0.2) is 9.59 Å². The Labute approximate surface area is 113 Å². The zero-order valence-electron chi connectivity index (χ0n) is 11.6. The number of rotatable bonds is 6. The molecule has 3 atom stereocenters. The monoisotopic (exact) mass is 272 g/mol. The third-order valence-corrected chi connectivity index (χ3v) is 3.63. The van der Waals surface area contributed by atoms with Crippen LogP contribution < -0.4 is 10.6 Å². The summed E-state index contributed by atoms with van der Waals surface area (Å²) in [4.78, 5) is 22.6. The van der Waals surface area contributed by atoms with Crippen LogP contribution in [0, 0.1) is 5.92 Å². The number of carboxylic acids is 1. The fraction of sp³-hybridized carbons (Fsp3) is 0.846. The molecule has 0 aromatic rings. The topological polar surface area (TPSA) is 87.7 Å². The number of aliphatic carboxylic acids is 1. The van der Waals surface area contributed by atoms with Crippen molar-refractivity contribution in [1.29, 1.82) is 0 Å². The first-order chi connectivity index (χ1) is 9.06. The molecule has 0 spiro atoms. The fourth-order valence-corrected chi connectivity index (χ4v) is 2.52. The third-order valence-electron chi connectivity index (χ3n) is 3.63. The Morgan fingerprint density at radius 3 is 2.74 bits per heavy atom. The molecule has 3 N–H and O–H groups in total. The molecule has 1 aliphatic rings. The van der Waals surface area contributed by atoms with E-state index in [-0.39, 0.29) is 12.6 Å². The second-order valence-electron chi connectivity index (χ2n) is 5.10. The van der Waals surface area contributed by atoms with Gasteiger partial charge in [0.25, 0.3) is 0 Å². The van der Waals surface area contributed by atoms with Crippen LogP contribution in [0.15, 0.2) is 0 Å². The van der Waals surface area contributed by atoms with Crippen LogP contribution in [-0.4, -0.2) is 42.9 Å². The fourth-order valence-electron chi connectivity index (χ4n) is 2.52. The van der Waals surface area contributed by atoms with Crippen LogP contribution in [0.2, 0.25) is 0 Å². The minimum absolute atomic E-state index is 0.0367. The summed E-state index contributed by atoms with van der Waals surface area (Å²) in [6, 6.07) is -1.28. The van der Waals surface area contributed by atoms with E-state index < -0.39 is 18.0 Å². The lowest BCUT2D eigenvalue weighted by molar-refractivity contribution is -0.140. The minimum atomic E-state index is -1.09. The van der Waals surface area contributed by atoms with E-state index in [0.29, 0.717) is 5.92 Å². The number of nitrogens with one attached hydrogen (secondary N) is 2. The standard InChI is InChI=1S/C13H24N2O4/c1-3-9-5-4-6-10(7-9)14-13(18)15-11(8-19-2)12(16)17/h9-11H,3-8H2,1-2H3,(H,16,17)(H2,14,15,18). The van der Waals surface area contributed by atoms with E-state index in [0.717, 1.165) is 25.7 Å². The molecular weight excluding hydrogens is 248 g/mol. The molecule has 1 aliphatic carbocycles. The van der Waals surface area contributed by atoms with Crippen molar-refractivity contribution in [3.63, 3.8) is 0 Å². The van der Waals surface area contributed by atoms with Crippen molar-refractivity contribution in [2.24, 2.45) is 5.92 Å². The van der Waals surface area contributed by atoms with E-state index in [1.54, 1.807) is 0 Å². The molecule has 19 heavy (non-hydrogen) atoms. The number of methoxy groups -OCH3 is 1. The molecule has 110 valence electrons. The Morgan fingerprint density at radius 1 is 1.42 bits per heavy atom. The molecule has 6 heteroatoms. The van der Waals surface area contributed by atoms with E-state index in [2.05, 4.69) is 17.6 Å². The zero-order valence-corrected chi connectivity index (χ0v) is 11.6. The summed E-state index contributed by atoms with van der Waals surface area (Å²) in [5, 5.41) is 14.2. The zero-order chi connectivity index (χ0) is 14.3. The third kappa shape index (κ3) is 5.46. The van der Waals surface area contributed by atoms with Gasteiger partial charge in [-0.3, -0.25) is 0 Å². The number of carbonyl (C=O) groups excluding carboxylic acids is 1. The second kappa shape index (κ2) is 7.99. The number of urea groups is 1.